The first-order chi connectivity index (χ1) is 12.4. The minimum atomic E-state index is -4.47. The van der Waals surface area contributed by atoms with Crippen molar-refractivity contribution in [3.63, 3.8) is 0 Å². The van der Waals surface area contributed by atoms with Crippen molar-refractivity contribution in [1.29, 1.82) is 0 Å². The van der Waals surface area contributed by atoms with Gasteiger partial charge in [-0.25, -0.2) is 4.68 Å². The molecule has 0 bridgehead atoms. The molecule has 8 heteroatoms. The van der Waals surface area contributed by atoms with Crippen LogP contribution in [0.5, 0.6) is 0 Å². The quantitative estimate of drug-likeness (QED) is 0.625. The van der Waals surface area contributed by atoms with Crippen molar-refractivity contribution in [2.75, 3.05) is 7.05 Å². The van der Waals surface area contributed by atoms with Crippen LogP contribution in [0.4, 0.5) is 13.2 Å². The molecule has 0 amide bonds. The van der Waals surface area contributed by atoms with Crippen molar-refractivity contribution >= 4 is 5.96 Å². The third kappa shape index (κ3) is 5.48. The predicted molar refractivity (Wildman–Crippen MR) is 101 cm³/mol. The Balaban J connectivity index is 2.33. The second-order valence-corrected chi connectivity index (χ2v) is 7.48. The maximum Gasteiger partial charge on any atom is 0.416 e. The summed E-state index contributed by atoms with van der Waals surface area (Å²) in [5.74, 6) is 0.443. The summed E-state index contributed by atoms with van der Waals surface area (Å²) in [6.07, 6.45) is -4.47. The van der Waals surface area contributed by atoms with Gasteiger partial charge in [-0.3, -0.25) is 4.99 Å². The van der Waals surface area contributed by atoms with Crippen molar-refractivity contribution < 1.29 is 13.2 Å². The van der Waals surface area contributed by atoms with Crippen LogP contribution >= 0.6 is 0 Å². The molecule has 5 nitrogen and oxygen atoms in total. The van der Waals surface area contributed by atoms with Crippen LogP contribution in [0.2, 0.25) is 0 Å². The van der Waals surface area contributed by atoms with E-state index in [4.69, 9.17) is 0 Å². The van der Waals surface area contributed by atoms with Gasteiger partial charge in [0.1, 0.15) is 0 Å². The van der Waals surface area contributed by atoms with Crippen LogP contribution in [0, 0.1) is 13.8 Å². The maximum absolute atomic E-state index is 13.6. The molecule has 2 N–H and O–H groups in total. The second-order valence-electron chi connectivity index (χ2n) is 7.48. The van der Waals surface area contributed by atoms with Gasteiger partial charge in [-0.15, -0.1) is 0 Å². The number of benzene rings is 1. The summed E-state index contributed by atoms with van der Waals surface area (Å²) >= 11 is 0. The highest BCUT2D eigenvalue weighted by Crippen LogP contribution is 2.33. The number of aromatic nitrogens is 2. The van der Waals surface area contributed by atoms with Gasteiger partial charge < -0.3 is 10.6 Å². The van der Waals surface area contributed by atoms with Crippen molar-refractivity contribution in [3.8, 4) is 5.69 Å². The van der Waals surface area contributed by atoms with Crippen molar-refractivity contribution in [3.05, 3.63) is 46.8 Å². The predicted octanol–water partition coefficient (Wildman–Crippen LogP) is 3.97. The molecule has 1 aromatic heterocycles. The van der Waals surface area contributed by atoms with Gasteiger partial charge in [0.25, 0.3) is 0 Å². The molecule has 148 valence electrons. The van der Waals surface area contributed by atoms with E-state index in [-0.39, 0.29) is 17.6 Å². The summed E-state index contributed by atoms with van der Waals surface area (Å²) in [6.45, 7) is 9.46. The summed E-state index contributed by atoms with van der Waals surface area (Å²) in [7, 11) is 1.58. The molecule has 2 aromatic rings. The minimum absolute atomic E-state index is 0.00198. The first-order valence-electron chi connectivity index (χ1n) is 8.63. The lowest BCUT2D eigenvalue weighted by Crippen LogP contribution is -2.47. The number of aliphatic imine (C=N–C) groups is 1. The number of hydrogen-bond donors (Lipinski definition) is 2. The molecule has 0 fully saturated rings. The Kier molecular flexibility index (Phi) is 5.87. The van der Waals surface area contributed by atoms with Gasteiger partial charge in [-0.05, 0) is 58.4 Å². The fraction of sp³-hybridized carbons (Fsp3) is 0.474. The van der Waals surface area contributed by atoms with Crippen molar-refractivity contribution in [2.24, 2.45) is 4.99 Å². The molecule has 0 aliphatic carbocycles. The lowest BCUT2D eigenvalue weighted by molar-refractivity contribution is -0.138. The van der Waals surface area contributed by atoms with E-state index in [0.29, 0.717) is 11.6 Å². The van der Waals surface area contributed by atoms with Crippen LogP contribution in [-0.4, -0.2) is 28.3 Å². The first kappa shape index (κ1) is 20.8. The molecule has 0 saturated heterocycles. The summed E-state index contributed by atoms with van der Waals surface area (Å²) < 4.78 is 42.4. The van der Waals surface area contributed by atoms with Gasteiger partial charge >= 0.3 is 6.18 Å². The Morgan fingerprint density at radius 1 is 1.15 bits per heavy atom. The highest BCUT2D eigenvalue weighted by molar-refractivity contribution is 5.80. The molecule has 0 spiro atoms. The van der Waals surface area contributed by atoms with E-state index >= 15 is 0 Å². The maximum atomic E-state index is 13.6. The van der Waals surface area contributed by atoms with E-state index < -0.39 is 11.7 Å². The Hall–Kier alpha value is -2.51. The van der Waals surface area contributed by atoms with Crippen molar-refractivity contribution in [2.45, 2.75) is 52.9 Å². The SMILES string of the molecule is CN=C(NCc1ccc(-n2nc(C)cc2C)cc1C(F)(F)F)NC(C)(C)C. The third-order valence-corrected chi connectivity index (χ3v) is 3.82. The number of nitrogens with one attached hydrogen (secondary N) is 2. The summed E-state index contributed by atoms with van der Waals surface area (Å²) in [5, 5.41) is 10.3. The molecule has 27 heavy (non-hydrogen) atoms. The number of guanidine groups is 1. The molecule has 0 saturated carbocycles. The number of aryl methyl sites for hydroxylation is 2. The highest BCUT2D eigenvalue weighted by atomic mass is 19.4. The summed E-state index contributed by atoms with van der Waals surface area (Å²) in [5.41, 5.74) is 1.11. The minimum Gasteiger partial charge on any atom is -0.352 e. The highest BCUT2D eigenvalue weighted by Gasteiger charge is 2.34. The van der Waals surface area contributed by atoms with Gasteiger partial charge in [0.2, 0.25) is 0 Å². The summed E-state index contributed by atoms with van der Waals surface area (Å²) in [4.78, 5) is 4.06. The molecule has 1 aromatic carbocycles. The van der Waals surface area contributed by atoms with E-state index in [0.717, 1.165) is 17.5 Å². The molecule has 0 atom stereocenters. The third-order valence-electron chi connectivity index (χ3n) is 3.82. The standard InChI is InChI=1S/C19H26F3N5/c1-12-9-13(2)27(26-12)15-8-7-14(16(10-15)19(20,21)22)11-24-17(23-6)25-18(3,4)5/h7-10H,11H2,1-6H3,(H2,23,24,25). The Labute approximate surface area is 157 Å². The van der Waals surface area contributed by atoms with E-state index in [1.165, 1.54) is 10.7 Å². The number of rotatable bonds is 3. The van der Waals surface area contributed by atoms with Crippen LogP contribution in [0.25, 0.3) is 5.69 Å². The number of halogens is 3. The van der Waals surface area contributed by atoms with Crippen LogP contribution in [0.1, 0.15) is 43.3 Å². The van der Waals surface area contributed by atoms with Gasteiger partial charge in [-0.1, -0.05) is 6.07 Å². The molecule has 0 unspecified atom stereocenters. The molecule has 2 rings (SSSR count). The number of nitrogens with zero attached hydrogens (tertiary/aromatic N) is 3. The average Bonchev–Trinajstić information content (AvgIpc) is 2.88. The summed E-state index contributed by atoms with van der Waals surface area (Å²) in [6, 6.07) is 6.08. The average molecular weight is 381 g/mol. The molecule has 0 radical (unpaired) electrons. The monoisotopic (exact) mass is 381 g/mol. The largest absolute Gasteiger partial charge is 0.416 e. The zero-order valence-corrected chi connectivity index (χ0v) is 16.5. The smallest absolute Gasteiger partial charge is 0.352 e. The Morgan fingerprint density at radius 3 is 2.30 bits per heavy atom. The molecule has 1 heterocycles. The van der Waals surface area contributed by atoms with Gasteiger partial charge in [0, 0.05) is 24.8 Å². The normalized spacial score (nSPS) is 13.0. The molecular weight excluding hydrogens is 355 g/mol. The number of alkyl halides is 3. The van der Waals surface area contributed by atoms with Crippen LogP contribution in [0.15, 0.2) is 29.3 Å². The van der Waals surface area contributed by atoms with Gasteiger partial charge in [-0.2, -0.15) is 18.3 Å². The fourth-order valence-corrected chi connectivity index (χ4v) is 2.72. The van der Waals surface area contributed by atoms with Crippen LogP contribution in [-0.2, 0) is 12.7 Å². The fourth-order valence-electron chi connectivity index (χ4n) is 2.72. The number of hydrogen-bond acceptors (Lipinski definition) is 2. The first-order valence-corrected chi connectivity index (χ1v) is 8.63. The molecular formula is C19H26F3N5. The lowest BCUT2D eigenvalue weighted by Gasteiger charge is -2.24. The van der Waals surface area contributed by atoms with Crippen LogP contribution in [0.3, 0.4) is 0 Å². The zero-order chi connectivity index (χ0) is 20.4. The van der Waals surface area contributed by atoms with Crippen molar-refractivity contribution in [1.82, 2.24) is 20.4 Å². The molecule has 0 aliphatic rings. The van der Waals surface area contributed by atoms with E-state index in [9.17, 15) is 13.2 Å². The molecule has 0 aliphatic heterocycles. The topological polar surface area (TPSA) is 54.2 Å². The Morgan fingerprint density at radius 2 is 1.81 bits per heavy atom. The van der Waals surface area contributed by atoms with E-state index in [1.54, 1.807) is 20.0 Å². The lowest BCUT2D eigenvalue weighted by atomic mass is 10.1. The van der Waals surface area contributed by atoms with Crippen LogP contribution < -0.4 is 10.6 Å². The zero-order valence-electron chi connectivity index (χ0n) is 16.5. The van der Waals surface area contributed by atoms with Gasteiger partial charge in [0.15, 0.2) is 5.96 Å². The van der Waals surface area contributed by atoms with E-state index in [1.807, 2.05) is 33.8 Å². The Bertz CT molecular complexity index is 829. The van der Waals surface area contributed by atoms with Gasteiger partial charge in [0.05, 0.1) is 16.9 Å². The van der Waals surface area contributed by atoms with E-state index in [2.05, 4.69) is 20.7 Å². The second kappa shape index (κ2) is 7.62.